The van der Waals surface area contributed by atoms with E-state index in [1.165, 1.54) is 23.5 Å². The highest BCUT2D eigenvalue weighted by molar-refractivity contribution is 7.14. The van der Waals surface area contributed by atoms with E-state index in [0.29, 0.717) is 6.54 Å². The van der Waals surface area contributed by atoms with Crippen molar-refractivity contribution in [3.8, 4) is 0 Å². The summed E-state index contributed by atoms with van der Waals surface area (Å²) < 4.78 is 38.6. The SMILES string of the molecule is CC(=O)N(c1nc(CN2CCCCC2c2ccc(C(F)(F)F)cc2)cs1)C1CC1. The zero-order chi connectivity index (χ0) is 20.6. The number of nitrogens with zero attached hydrogens (tertiary/aromatic N) is 3. The predicted molar refractivity (Wildman–Crippen MR) is 107 cm³/mol. The molecule has 2 heterocycles. The largest absolute Gasteiger partial charge is 0.416 e. The van der Waals surface area contributed by atoms with Gasteiger partial charge in [-0.3, -0.25) is 14.6 Å². The number of halogens is 3. The molecule has 1 unspecified atom stereocenters. The van der Waals surface area contributed by atoms with Gasteiger partial charge in [-0.1, -0.05) is 18.6 Å². The van der Waals surface area contributed by atoms with Crippen LogP contribution in [0.1, 0.15) is 61.9 Å². The van der Waals surface area contributed by atoms with Gasteiger partial charge >= 0.3 is 6.18 Å². The summed E-state index contributed by atoms with van der Waals surface area (Å²) in [6.45, 7) is 3.10. The molecule has 156 valence electrons. The lowest BCUT2D eigenvalue weighted by Gasteiger charge is -2.35. The topological polar surface area (TPSA) is 36.4 Å². The number of thiazole rings is 1. The average molecular weight is 424 g/mol. The second-order valence-corrected chi connectivity index (χ2v) is 8.68. The minimum atomic E-state index is -4.31. The fourth-order valence-electron chi connectivity index (χ4n) is 4.02. The third-order valence-electron chi connectivity index (χ3n) is 5.60. The Hall–Kier alpha value is -1.93. The molecule has 4 rings (SSSR count). The van der Waals surface area contributed by atoms with Crippen molar-refractivity contribution in [2.75, 3.05) is 11.4 Å². The molecule has 1 atom stereocenters. The van der Waals surface area contributed by atoms with Crippen LogP contribution in [0.4, 0.5) is 18.3 Å². The molecule has 4 nitrogen and oxygen atoms in total. The van der Waals surface area contributed by atoms with Crippen molar-refractivity contribution in [1.82, 2.24) is 9.88 Å². The molecule has 8 heteroatoms. The van der Waals surface area contributed by atoms with Crippen LogP contribution in [-0.4, -0.2) is 28.4 Å². The molecule has 29 heavy (non-hydrogen) atoms. The summed E-state index contributed by atoms with van der Waals surface area (Å²) in [5.74, 6) is 0.0222. The number of benzene rings is 1. The van der Waals surface area contributed by atoms with Gasteiger partial charge < -0.3 is 0 Å². The van der Waals surface area contributed by atoms with Crippen LogP contribution in [0.5, 0.6) is 0 Å². The van der Waals surface area contributed by atoms with Gasteiger partial charge in [0.25, 0.3) is 0 Å². The maximum atomic E-state index is 12.9. The van der Waals surface area contributed by atoms with Crippen LogP contribution in [0.3, 0.4) is 0 Å². The first-order valence-electron chi connectivity index (χ1n) is 9.98. The van der Waals surface area contributed by atoms with Crippen LogP contribution < -0.4 is 4.90 Å². The average Bonchev–Trinajstić information content (AvgIpc) is 3.40. The normalized spacial score (nSPS) is 20.6. The highest BCUT2D eigenvalue weighted by Gasteiger charge is 2.34. The van der Waals surface area contributed by atoms with Gasteiger partial charge in [0, 0.05) is 30.9 Å². The second kappa shape index (κ2) is 8.07. The van der Waals surface area contributed by atoms with Gasteiger partial charge in [0.2, 0.25) is 5.91 Å². The molecule has 0 bridgehead atoms. The van der Waals surface area contributed by atoms with Crippen molar-refractivity contribution < 1.29 is 18.0 Å². The zero-order valence-corrected chi connectivity index (χ0v) is 17.1. The number of likely N-dealkylation sites (tertiary alicyclic amines) is 1. The number of hydrogen-bond donors (Lipinski definition) is 0. The van der Waals surface area contributed by atoms with Gasteiger partial charge in [-0.05, 0) is 49.9 Å². The van der Waals surface area contributed by atoms with E-state index in [0.717, 1.165) is 55.0 Å². The van der Waals surface area contributed by atoms with Gasteiger partial charge in [-0.15, -0.1) is 11.3 Å². The Bertz CT molecular complexity index is 861. The summed E-state index contributed by atoms with van der Waals surface area (Å²) >= 11 is 1.49. The Morgan fingerprint density at radius 3 is 2.55 bits per heavy atom. The van der Waals surface area contributed by atoms with Crippen molar-refractivity contribution in [1.29, 1.82) is 0 Å². The summed E-state index contributed by atoms with van der Waals surface area (Å²) in [6, 6.07) is 5.91. The van der Waals surface area contributed by atoms with Crippen molar-refractivity contribution in [3.63, 3.8) is 0 Å². The van der Waals surface area contributed by atoms with E-state index >= 15 is 0 Å². The first-order valence-corrected chi connectivity index (χ1v) is 10.9. The summed E-state index contributed by atoms with van der Waals surface area (Å²) in [7, 11) is 0. The van der Waals surface area contributed by atoms with Gasteiger partial charge in [0.1, 0.15) is 0 Å². The number of hydrogen-bond acceptors (Lipinski definition) is 4. The van der Waals surface area contributed by atoms with Crippen LogP contribution in [-0.2, 0) is 17.5 Å². The van der Waals surface area contributed by atoms with E-state index in [1.54, 1.807) is 24.0 Å². The summed E-state index contributed by atoms with van der Waals surface area (Å²) in [5.41, 5.74) is 1.21. The monoisotopic (exact) mass is 423 g/mol. The molecule has 1 aromatic carbocycles. The Labute approximate surface area is 172 Å². The number of anilines is 1. The number of carbonyl (C=O) groups is 1. The molecule has 0 N–H and O–H groups in total. The maximum absolute atomic E-state index is 12.9. The summed E-state index contributed by atoms with van der Waals surface area (Å²) in [6.07, 6.45) is 0.781. The third-order valence-corrected chi connectivity index (χ3v) is 6.49. The van der Waals surface area contributed by atoms with E-state index in [1.807, 2.05) is 5.38 Å². The quantitative estimate of drug-likeness (QED) is 0.646. The van der Waals surface area contributed by atoms with Crippen LogP contribution in [0.15, 0.2) is 29.6 Å². The molecular weight excluding hydrogens is 399 g/mol. The molecule has 1 saturated heterocycles. The van der Waals surface area contributed by atoms with Crippen molar-refractivity contribution in [3.05, 3.63) is 46.5 Å². The molecule has 1 aliphatic carbocycles. The Morgan fingerprint density at radius 1 is 1.21 bits per heavy atom. The smallest absolute Gasteiger partial charge is 0.290 e. The van der Waals surface area contributed by atoms with Crippen LogP contribution >= 0.6 is 11.3 Å². The highest BCUT2D eigenvalue weighted by Crippen LogP contribution is 2.37. The van der Waals surface area contributed by atoms with Gasteiger partial charge in [-0.2, -0.15) is 13.2 Å². The zero-order valence-electron chi connectivity index (χ0n) is 16.3. The lowest BCUT2D eigenvalue weighted by Crippen LogP contribution is -2.33. The Balaban J connectivity index is 1.49. The maximum Gasteiger partial charge on any atom is 0.416 e. The number of amides is 1. The molecule has 0 radical (unpaired) electrons. The van der Waals surface area contributed by atoms with E-state index in [4.69, 9.17) is 4.98 Å². The van der Waals surface area contributed by atoms with Gasteiger partial charge in [0.05, 0.1) is 11.3 Å². The van der Waals surface area contributed by atoms with Crippen LogP contribution in [0.25, 0.3) is 0 Å². The number of piperidine rings is 1. The predicted octanol–water partition coefficient (Wildman–Crippen LogP) is 5.40. The van der Waals surface area contributed by atoms with E-state index in [-0.39, 0.29) is 18.0 Å². The number of aromatic nitrogens is 1. The molecule has 1 aromatic heterocycles. The molecular formula is C21H24F3N3OS. The molecule has 1 amide bonds. The first-order chi connectivity index (χ1) is 13.8. The lowest BCUT2D eigenvalue weighted by atomic mass is 9.94. The number of carbonyl (C=O) groups excluding carboxylic acids is 1. The summed E-state index contributed by atoms with van der Waals surface area (Å²) in [4.78, 5) is 20.7. The fourth-order valence-corrected chi connectivity index (χ4v) is 4.95. The molecule has 2 fully saturated rings. The van der Waals surface area contributed by atoms with Gasteiger partial charge in [-0.25, -0.2) is 4.98 Å². The van der Waals surface area contributed by atoms with E-state index in [9.17, 15) is 18.0 Å². The fraction of sp³-hybridized carbons (Fsp3) is 0.524. The van der Waals surface area contributed by atoms with E-state index < -0.39 is 11.7 Å². The summed E-state index contributed by atoms with van der Waals surface area (Å²) in [5, 5.41) is 2.74. The Kier molecular flexibility index (Phi) is 5.66. The molecule has 2 aromatic rings. The first kappa shape index (κ1) is 20.3. The molecule has 0 spiro atoms. The minimum absolute atomic E-state index is 0.0222. The number of alkyl halides is 3. The van der Waals surface area contributed by atoms with E-state index in [2.05, 4.69) is 4.90 Å². The lowest BCUT2D eigenvalue weighted by molar-refractivity contribution is -0.137. The molecule has 1 aliphatic heterocycles. The van der Waals surface area contributed by atoms with Crippen LogP contribution in [0.2, 0.25) is 0 Å². The van der Waals surface area contributed by atoms with Crippen LogP contribution in [0, 0.1) is 0 Å². The Morgan fingerprint density at radius 2 is 1.93 bits per heavy atom. The second-order valence-electron chi connectivity index (χ2n) is 7.84. The third kappa shape index (κ3) is 4.64. The minimum Gasteiger partial charge on any atom is -0.290 e. The van der Waals surface area contributed by atoms with Crippen molar-refractivity contribution in [2.45, 2.75) is 63.8 Å². The highest BCUT2D eigenvalue weighted by atomic mass is 32.1. The molecule has 1 saturated carbocycles. The number of rotatable bonds is 5. The van der Waals surface area contributed by atoms with Crippen molar-refractivity contribution >= 4 is 22.4 Å². The van der Waals surface area contributed by atoms with Gasteiger partial charge in [0.15, 0.2) is 5.13 Å². The molecule has 2 aliphatic rings. The van der Waals surface area contributed by atoms with Crippen molar-refractivity contribution in [2.24, 2.45) is 0 Å². The standard InChI is InChI=1S/C21H24F3N3OS/c1-14(28)27(18-9-10-18)20-25-17(13-29-20)12-26-11-3-2-4-19(26)15-5-7-16(8-6-15)21(22,23)24/h5-8,13,18-19H,2-4,9-12H2,1H3.